The maximum atomic E-state index is 11.8. The zero-order valence-electron chi connectivity index (χ0n) is 13.4. The van der Waals surface area contributed by atoms with E-state index in [0.29, 0.717) is 17.1 Å². The highest BCUT2D eigenvalue weighted by Crippen LogP contribution is 2.15. The summed E-state index contributed by atoms with van der Waals surface area (Å²) in [6, 6.07) is 9.29. The van der Waals surface area contributed by atoms with Crippen LogP contribution in [0.2, 0.25) is 0 Å². The Bertz CT molecular complexity index is 751. The van der Waals surface area contributed by atoms with Gasteiger partial charge >= 0.3 is 12.1 Å². The molecule has 4 amide bonds. The molecule has 0 aliphatic carbocycles. The zero-order valence-corrected chi connectivity index (χ0v) is 13.4. The monoisotopic (exact) mass is 343 g/mol. The molecule has 0 atom stereocenters. The van der Waals surface area contributed by atoms with Crippen molar-refractivity contribution in [2.45, 2.75) is 0 Å². The number of carbonyl (C=O) groups excluding carboxylic acids is 3. The molecule has 0 saturated carbocycles. The minimum absolute atomic E-state index is 0.208. The quantitative estimate of drug-likeness (QED) is 0.662. The van der Waals surface area contributed by atoms with Gasteiger partial charge in [0, 0.05) is 17.6 Å². The predicted octanol–water partition coefficient (Wildman–Crippen LogP) is 2.02. The van der Waals surface area contributed by atoms with Gasteiger partial charge in [-0.2, -0.15) is 0 Å². The van der Waals surface area contributed by atoms with E-state index >= 15 is 0 Å². The lowest BCUT2D eigenvalue weighted by molar-refractivity contribution is -0.115. The zero-order chi connectivity index (χ0) is 18.1. The number of hydrogen-bond donors (Lipinski definition) is 4. The van der Waals surface area contributed by atoms with E-state index in [-0.39, 0.29) is 12.5 Å². The van der Waals surface area contributed by atoms with Gasteiger partial charge in [-0.05, 0) is 30.3 Å². The number of hydrogen-bond acceptors (Lipinski definition) is 5. The average Bonchev–Trinajstić information content (AvgIpc) is 2.61. The first-order valence-corrected chi connectivity index (χ1v) is 7.26. The van der Waals surface area contributed by atoms with E-state index in [1.165, 1.54) is 13.3 Å². The molecular formula is C16H17N5O4. The number of anilines is 3. The van der Waals surface area contributed by atoms with E-state index < -0.39 is 12.1 Å². The number of urea groups is 1. The highest BCUT2D eigenvalue weighted by Gasteiger charge is 2.07. The lowest BCUT2D eigenvalue weighted by Crippen LogP contribution is -2.35. The smallest absolute Gasteiger partial charge is 0.411 e. The molecule has 1 heterocycles. The molecule has 25 heavy (non-hydrogen) atoms. The average molecular weight is 343 g/mol. The molecule has 0 saturated heterocycles. The fourth-order valence-electron chi connectivity index (χ4n) is 1.82. The Morgan fingerprint density at radius 2 is 1.72 bits per heavy atom. The van der Waals surface area contributed by atoms with Crippen molar-refractivity contribution in [1.82, 2.24) is 10.3 Å². The van der Waals surface area contributed by atoms with Gasteiger partial charge in [0.1, 0.15) is 0 Å². The van der Waals surface area contributed by atoms with Crippen LogP contribution < -0.4 is 21.3 Å². The number of nitrogens with one attached hydrogen (secondary N) is 4. The van der Waals surface area contributed by atoms with Crippen molar-refractivity contribution in [3.8, 4) is 0 Å². The number of amides is 4. The number of methoxy groups -OCH3 is 1. The number of ether oxygens (including phenoxy) is 1. The van der Waals surface area contributed by atoms with Crippen molar-refractivity contribution < 1.29 is 19.1 Å². The second-order valence-corrected chi connectivity index (χ2v) is 4.79. The minimum atomic E-state index is -0.617. The standard InChI is InChI=1S/C16H17N5O4/c1-25-16(24)21-12-5-2-4-11(8-12)20-15(23)18-10-14(22)19-13-6-3-7-17-9-13/h2-9H,10H2,1H3,(H,19,22)(H,21,24)(H2,18,20,23). The van der Waals surface area contributed by atoms with E-state index in [1.807, 2.05) is 0 Å². The molecular weight excluding hydrogens is 326 g/mol. The van der Waals surface area contributed by atoms with Crippen molar-refractivity contribution in [3.63, 3.8) is 0 Å². The van der Waals surface area contributed by atoms with E-state index in [9.17, 15) is 14.4 Å². The van der Waals surface area contributed by atoms with Gasteiger partial charge in [0.05, 0.1) is 25.5 Å². The molecule has 0 bridgehead atoms. The highest BCUT2D eigenvalue weighted by molar-refractivity contribution is 5.97. The van der Waals surface area contributed by atoms with Crippen LogP contribution in [0.3, 0.4) is 0 Å². The van der Waals surface area contributed by atoms with Crippen LogP contribution in [0.1, 0.15) is 0 Å². The summed E-state index contributed by atoms with van der Waals surface area (Å²) in [6.07, 6.45) is 2.47. The number of benzene rings is 1. The number of rotatable bonds is 5. The van der Waals surface area contributed by atoms with Crippen LogP contribution in [0.25, 0.3) is 0 Å². The summed E-state index contributed by atoms with van der Waals surface area (Å²) in [5, 5.41) is 10.1. The molecule has 9 nitrogen and oxygen atoms in total. The third-order valence-corrected chi connectivity index (χ3v) is 2.91. The number of carbonyl (C=O) groups is 3. The third kappa shape index (κ3) is 6.18. The largest absolute Gasteiger partial charge is 0.453 e. The molecule has 0 aliphatic heterocycles. The first-order chi connectivity index (χ1) is 12.1. The van der Waals surface area contributed by atoms with Gasteiger partial charge in [-0.1, -0.05) is 6.07 Å². The van der Waals surface area contributed by atoms with E-state index in [1.54, 1.807) is 42.6 Å². The maximum Gasteiger partial charge on any atom is 0.411 e. The Morgan fingerprint density at radius 3 is 2.40 bits per heavy atom. The fourth-order valence-corrected chi connectivity index (χ4v) is 1.82. The summed E-state index contributed by atoms with van der Waals surface area (Å²) in [4.78, 5) is 38.6. The lowest BCUT2D eigenvalue weighted by Gasteiger charge is -2.10. The second kappa shape index (κ2) is 8.87. The van der Waals surface area contributed by atoms with Crippen molar-refractivity contribution >= 4 is 35.1 Å². The molecule has 0 fully saturated rings. The Kier molecular flexibility index (Phi) is 6.29. The molecule has 0 spiro atoms. The third-order valence-electron chi connectivity index (χ3n) is 2.91. The molecule has 0 radical (unpaired) electrons. The summed E-state index contributed by atoms with van der Waals surface area (Å²) in [5.41, 5.74) is 1.44. The van der Waals surface area contributed by atoms with Crippen LogP contribution in [0, 0.1) is 0 Å². The lowest BCUT2D eigenvalue weighted by atomic mass is 10.3. The van der Waals surface area contributed by atoms with E-state index in [4.69, 9.17) is 0 Å². The predicted molar refractivity (Wildman–Crippen MR) is 92.4 cm³/mol. The molecule has 2 aromatic rings. The number of nitrogens with zero attached hydrogens (tertiary/aromatic N) is 1. The van der Waals surface area contributed by atoms with Crippen molar-refractivity contribution in [1.29, 1.82) is 0 Å². The maximum absolute atomic E-state index is 11.8. The summed E-state index contributed by atoms with van der Waals surface area (Å²) >= 11 is 0. The summed E-state index contributed by atoms with van der Waals surface area (Å²) in [7, 11) is 1.25. The molecule has 1 aromatic heterocycles. The van der Waals surface area contributed by atoms with Gasteiger partial charge in [-0.3, -0.25) is 15.1 Å². The van der Waals surface area contributed by atoms with Gasteiger partial charge < -0.3 is 20.7 Å². The van der Waals surface area contributed by atoms with Gasteiger partial charge in [0.25, 0.3) is 0 Å². The van der Waals surface area contributed by atoms with Crippen LogP contribution in [-0.2, 0) is 9.53 Å². The molecule has 4 N–H and O–H groups in total. The summed E-state index contributed by atoms with van der Waals surface area (Å²) < 4.78 is 4.49. The Morgan fingerprint density at radius 1 is 1.00 bits per heavy atom. The summed E-state index contributed by atoms with van der Waals surface area (Å²) in [5.74, 6) is -0.385. The molecule has 2 rings (SSSR count). The molecule has 0 unspecified atom stereocenters. The molecule has 1 aromatic carbocycles. The first kappa shape index (κ1) is 17.7. The van der Waals surface area contributed by atoms with Gasteiger partial charge in [0.2, 0.25) is 5.91 Å². The first-order valence-electron chi connectivity index (χ1n) is 7.26. The number of aromatic nitrogens is 1. The Balaban J connectivity index is 1.81. The van der Waals surface area contributed by atoms with Crippen LogP contribution in [0.15, 0.2) is 48.8 Å². The second-order valence-electron chi connectivity index (χ2n) is 4.79. The van der Waals surface area contributed by atoms with E-state index in [0.717, 1.165) is 0 Å². The van der Waals surface area contributed by atoms with Crippen LogP contribution in [-0.4, -0.2) is 36.7 Å². The summed E-state index contributed by atoms with van der Waals surface area (Å²) in [6.45, 7) is -0.208. The normalized spacial score (nSPS) is 9.64. The number of pyridine rings is 1. The highest BCUT2D eigenvalue weighted by atomic mass is 16.5. The van der Waals surface area contributed by atoms with Crippen LogP contribution >= 0.6 is 0 Å². The minimum Gasteiger partial charge on any atom is -0.453 e. The van der Waals surface area contributed by atoms with Crippen LogP contribution in [0.5, 0.6) is 0 Å². The Labute approximate surface area is 143 Å². The van der Waals surface area contributed by atoms with Crippen molar-refractivity contribution in [2.24, 2.45) is 0 Å². The fraction of sp³-hybridized carbons (Fsp3) is 0.125. The van der Waals surface area contributed by atoms with Crippen molar-refractivity contribution in [3.05, 3.63) is 48.8 Å². The molecule has 9 heteroatoms. The van der Waals surface area contributed by atoms with Crippen LogP contribution in [0.4, 0.5) is 26.7 Å². The Hall–Kier alpha value is -3.62. The SMILES string of the molecule is COC(=O)Nc1cccc(NC(=O)NCC(=O)Nc2cccnc2)c1. The topological polar surface area (TPSA) is 121 Å². The van der Waals surface area contributed by atoms with Gasteiger partial charge in [0.15, 0.2) is 0 Å². The molecule has 0 aliphatic rings. The van der Waals surface area contributed by atoms with Gasteiger partial charge in [-0.25, -0.2) is 9.59 Å². The van der Waals surface area contributed by atoms with Gasteiger partial charge in [-0.15, -0.1) is 0 Å². The van der Waals surface area contributed by atoms with E-state index in [2.05, 4.69) is 31.0 Å². The van der Waals surface area contributed by atoms with Crippen molar-refractivity contribution in [2.75, 3.05) is 29.6 Å². The molecule has 130 valence electrons.